The summed E-state index contributed by atoms with van der Waals surface area (Å²) >= 11 is 0. The lowest BCUT2D eigenvalue weighted by atomic mass is 10.2. The molecule has 0 aliphatic rings. The van der Waals surface area contributed by atoms with Gasteiger partial charge in [-0.05, 0) is 36.4 Å². The summed E-state index contributed by atoms with van der Waals surface area (Å²) in [4.78, 5) is 22.7. The summed E-state index contributed by atoms with van der Waals surface area (Å²) in [7, 11) is 0. The third-order valence-corrected chi connectivity index (χ3v) is 2.78. The number of rotatable bonds is 5. The van der Waals surface area contributed by atoms with E-state index in [2.05, 4.69) is 15.8 Å². The molecule has 0 heterocycles. The van der Waals surface area contributed by atoms with E-state index in [0.29, 0.717) is 11.4 Å². The van der Waals surface area contributed by atoms with Crippen molar-refractivity contribution in [1.82, 2.24) is 0 Å². The Morgan fingerprint density at radius 2 is 1.65 bits per heavy atom. The van der Waals surface area contributed by atoms with Crippen molar-refractivity contribution in [1.29, 1.82) is 5.26 Å². The molecule has 0 saturated carbocycles. The monoisotopic (exact) mass is 308 g/mol. The maximum absolute atomic E-state index is 12.0. The topological polar surface area (TPSA) is 115 Å². The quantitative estimate of drug-likeness (QED) is 0.579. The summed E-state index contributed by atoms with van der Waals surface area (Å²) < 4.78 is 0. The Balaban J connectivity index is 2.05. The molecule has 3 N–H and O–H groups in total. The Hall–Kier alpha value is -3.66. The van der Waals surface area contributed by atoms with E-state index in [1.807, 2.05) is 6.07 Å². The average Bonchev–Trinajstić information content (AvgIpc) is 2.57. The molecule has 114 valence electrons. The van der Waals surface area contributed by atoms with Gasteiger partial charge in [-0.25, -0.2) is 4.79 Å². The number of nitriles is 1. The van der Waals surface area contributed by atoms with Gasteiger partial charge in [-0.1, -0.05) is 18.2 Å². The molecule has 0 radical (unpaired) electrons. The molecule has 1 amide bonds. The van der Waals surface area contributed by atoms with Gasteiger partial charge in [0.15, 0.2) is 0 Å². The number of benzene rings is 2. The molecule has 2 rings (SSSR count). The fraction of sp³-hybridized carbons (Fsp3) is 0. The molecule has 7 heteroatoms. The van der Waals surface area contributed by atoms with E-state index in [4.69, 9.17) is 10.4 Å². The summed E-state index contributed by atoms with van der Waals surface area (Å²) in [5.74, 6) is -1.76. The van der Waals surface area contributed by atoms with E-state index in [1.165, 1.54) is 24.3 Å². The van der Waals surface area contributed by atoms with Gasteiger partial charge in [0.1, 0.15) is 6.07 Å². The SMILES string of the molecule is N#C/C(=N\Nc1ccccc1)C(=O)Nc1ccc(C(=O)O)cc1. The lowest BCUT2D eigenvalue weighted by Gasteiger charge is -2.05. The van der Waals surface area contributed by atoms with Crippen LogP contribution in [0.1, 0.15) is 10.4 Å². The Bertz CT molecular complexity index is 777. The summed E-state index contributed by atoms with van der Waals surface area (Å²) in [5.41, 5.74) is 3.36. The standard InChI is InChI=1S/C16H12N4O3/c17-10-14(20-19-13-4-2-1-3-5-13)15(21)18-12-8-6-11(7-9-12)16(22)23/h1-9,19H,(H,18,21)(H,22,23)/b20-14+. The minimum absolute atomic E-state index is 0.0999. The van der Waals surface area contributed by atoms with Crippen LogP contribution in [0.4, 0.5) is 11.4 Å². The van der Waals surface area contributed by atoms with Gasteiger partial charge in [0.2, 0.25) is 5.71 Å². The first-order valence-electron chi connectivity index (χ1n) is 6.53. The molecule has 7 nitrogen and oxygen atoms in total. The van der Waals surface area contributed by atoms with Crippen LogP contribution in [0.15, 0.2) is 59.7 Å². The minimum atomic E-state index is -1.06. The second kappa shape index (κ2) is 7.38. The molecule has 0 bridgehead atoms. The van der Waals surface area contributed by atoms with Crippen molar-refractivity contribution in [2.45, 2.75) is 0 Å². The maximum Gasteiger partial charge on any atom is 0.335 e. The van der Waals surface area contributed by atoms with Gasteiger partial charge in [0, 0.05) is 5.69 Å². The van der Waals surface area contributed by atoms with Crippen LogP contribution in [0.25, 0.3) is 0 Å². The van der Waals surface area contributed by atoms with Crippen molar-refractivity contribution in [3.8, 4) is 6.07 Å². The van der Waals surface area contributed by atoms with Crippen molar-refractivity contribution >= 4 is 29.0 Å². The van der Waals surface area contributed by atoms with Gasteiger partial charge in [0.05, 0.1) is 11.3 Å². The van der Waals surface area contributed by atoms with E-state index in [0.717, 1.165) is 0 Å². The van der Waals surface area contributed by atoms with Gasteiger partial charge in [-0.3, -0.25) is 10.2 Å². The highest BCUT2D eigenvalue weighted by Crippen LogP contribution is 2.10. The number of carboxylic acid groups (broad SMARTS) is 1. The van der Waals surface area contributed by atoms with Gasteiger partial charge >= 0.3 is 5.97 Å². The first-order chi connectivity index (χ1) is 11.1. The van der Waals surface area contributed by atoms with Crippen LogP contribution in [-0.2, 0) is 4.79 Å². The van der Waals surface area contributed by atoms with Gasteiger partial charge in [0.25, 0.3) is 5.91 Å². The predicted molar refractivity (Wildman–Crippen MR) is 85.1 cm³/mol. The molecule has 23 heavy (non-hydrogen) atoms. The predicted octanol–water partition coefficient (Wildman–Crippen LogP) is 2.31. The van der Waals surface area contributed by atoms with E-state index < -0.39 is 11.9 Å². The Kier molecular flexibility index (Phi) is 5.04. The summed E-state index contributed by atoms with van der Waals surface area (Å²) in [5, 5.41) is 24.0. The van der Waals surface area contributed by atoms with E-state index >= 15 is 0 Å². The van der Waals surface area contributed by atoms with Crippen LogP contribution in [0.3, 0.4) is 0 Å². The zero-order chi connectivity index (χ0) is 16.7. The molecule has 0 fully saturated rings. The summed E-state index contributed by atoms with van der Waals surface area (Å²) in [6.07, 6.45) is 0. The molecule has 2 aromatic rings. The smallest absolute Gasteiger partial charge is 0.335 e. The number of carboxylic acids is 1. The van der Waals surface area contributed by atoms with Crippen molar-refractivity contribution in [2.24, 2.45) is 5.10 Å². The maximum atomic E-state index is 12.0. The number of hydrogen-bond acceptors (Lipinski definition) is 5. The summed E-state index contributed by atoms with van der Waals surface area (Å²) in [6, 6.07) is 16.1. The van der Waals surface area contributed by atoms with Gasteiger partial charge in [-0.15, -0.1) is 0 Å². The molecule has 0 atom stereocenters. The van der Waals surface area contributed by atoms with Crippen LogP contribution in [0.5, 0.6) is 0 Å². The third kappa shape index (κ3) is 4.41. The number of amides is 1. The van der Waals surface area contributed by atoms with Crippen LogP contribution in [0, 0.1) is 11.3 Å². The van der Waals surface area contributed by atoms with E-state index in [1.54, 1.807) is 30.3 Å². The molecule has 0 aliphatic carbocycles. The Labute approximate surface area is 131 Å². The number of aromatic carboxylic acids is 1. The second-order valence-electron chi connectivity index (χ2n) is 4.39. The van der Waals surface area contributed by atoms with Crippen LogP contribution in [-0.4, -0.2) is 22.7 Å². The minimum Gasteiger partial charge on any atom is -0.478 e. The normalized spacial score (nSPS) is 10.5. The number of carbonyl (C=O) groups excluding carboxylic acids is 1. The Morgan fingerprint density at radius 1 is 1.00 bits per heavy atom. The molecule has 0 aromatic heterocycles. The molecule has 0 saturated heterocycles. The zero-order valence-electron chi connectivity index (χ0n) is 11.9. The first kappa shape index (κ1) is 15.7. The fourth-order valence-electron chi connectivity index (χ4n) is 1.65. The highest BCUT2D eigenvalue weighted by Gasteiger charge is 2.12. The molecule has 0 aliphatic heterocycles. The second-order valence-corrected chi connectivity index (χ2v) is 4.39. The van der Waals surface area contributed by atoms with Crippen molar-refractivity contribution in [3.05, 3.63) is 60.2 Å². The molecular weight excluding hydrogens is 296 g/mol. The lowest BCUT2D eigenvalue weighted by Crippen LogP contribution is -2.22. The lowest BCUT2D eigenvalue weighted by molar-refractivity contribution is -0.110. The van der Waals surface area contributed by atoms with Crippen molar-refractivity contribution < 1.29 is 14.7 Å². The highest BCUT2D eigenvalue weighted by molar-refractivity contribution is 6.48. The van der Waals surface area contributed by atoms with E-state index in [-0.39, 0.29) is 11.3 Å². The molecule has 2 aromatic carbocycles. The third-order valence-electron chi connectivity index (χ3n) is 2.78. The van der Waals surface area contributed by atoms with Crippen LogP contribution in [0.2, 0.25) is 0 Å². The number of para-hydroxylation sites is 1. The van der Waals surface area contributed by atoms with E-state index in [9.17, 15) is 9.59 Å². The first-order valence-corrected chi connectivity index (χ1v) is 6.53. The Morgan fingerprint density at radius 3 is 2.22 bits per heavy atom. The number of nitrogens with one attached hydrogen (secondary N) is 2. The van der Waals surface area contributed by atoms with Gasteiger partial charge in [-0.2, -0.15) is 10.4 Å². The largest absolute Gasteiger partial charge is 0.478 e. The van der Waals surface area contributed by atoms with Crippen LogP contribution < -0.4 is 10.7 Å². The number of hydrogen-bond donors (Lipinski definition) is 3. The highest BCUT2D eigenvalue weighted by atomic mass is 16.4. The average molecular weight is 308 g/mol. The van der Waals surface area contributed by atoms with Crippen LogP contribution >= 0.6 is 0 Å². The number of nitrogens with zero attached hydrogens (tertiary/aromatic N) is 2. The zero-order valence-corrected chi connectivity index (χ0v) is 11.9. The van der Waals surface area contributed by atoms with Crippen molar-refractivity contribution in [2.75, 3.05) is 10.7 Å². The number of anilines is 2. The van der Waals surface area contributed by atoms with Crippen molar-refractivity contribution in [3.63, 3.8) is 0 Å². The molecule has 0 unspecified atom stereocenters. The molecule has 0 spiro atoms. The van der Waals surface area contributed by atoms with Gasteiger partial charge < -0.3 is 10.4 Å². The number of carbonyl (C=O) groups is 2. The molecular formula is C16H12N4O3. The fourth-order valence-corrected chi connectivity index (χ4v) is 1.65. The number of hydrazone groups is 1. The summed E-state index contributed by atoms with van der Waals surface area (Å²) in [6.45, 7) is 0.